The zero-order valence-electron chi connectivity index (χ0n) is 15.8. The van der Waals surface area contributed by atoms with Crippen LogP contribution < -0.4 is 10.6 Å². The number of benzene rings is 1. The molecule has 1 atom stereocenters. The molecule has 0 radical (unpaired) electrons. The lowest BCUT2D eigenvalue weighted by Gasteiger charge is -2.14. The third-order valence-corrected chi connectivity index (χ3v) is 4.13. The molecule has 2 N–H and O–H groups in total. The lowest BCUT2D eigenvalue weighted by molar-refractivity contribution is 0.0925. The molecule has 0 spiro atoms. The first-order chi connectivity index (χ1) is 11.5. The van der Waals surface area contributed by atoms with E-state index in [1.807, 2.05) is 26.0 Å². The van der Waals surface area contributed by atoms with Crippen molar-refractivity contribution in [1.82, 2.24) is 5.32 Å². The Kier molecular flexibility index (Phi) is 10.2. The van der Waals surface area contributed by atoms with Crippen LogP contribution in [-0.2, 0) is 4.74 Å². The van der Waals surface area contributed by atoms with Crippen LogP contribution in [0.2, 0.25) is 0 Å². The number of nitrogens with one attached hydrogen (secondary N) is 2. The smallest absolute Gasteiger partial charge is 0.319 e. The molecule has 0 fully saturated rings. The summed E-state index contributed by atoms with van der Waals surface area (Å²) in [5.74, 6) is 0.672. The minimum absolute atomic E-state index is 0.158. The molecule has 136 valence electrons. The van der Waals surface area contributed by atoms with Crippen molar-refractivity contribution in [3.05, 3.63) is 29.3 Å². The van der Waals surface area contributed by atoms with Crippen LogP contribution in [0.15, 0.2) is 18.2 Å². The number of urea groups is 1. The molecule has 0 aromatic heterocycles. The van der Waals surface area contributed by atoms with Crippen molar-refractivity contribution >= 4 is 11.7 Å². The van der Waals surface area contributed by atoms with E-state index in [2.05, 4.69) is 30.5 Å². The molecule has 0 saturated heterocycles. The first-order valence-electron chi connectivity index (χ1n) is 9.26. The molecule has 0 aliphatic heterocycles. The first kappa shape index (κ1) is 20.5. The Morgan fingerprint density at radius 1 is 1.12 bits per heavy atom. The number of rotatable bonds is 11. The highest BCUT2D eigenvalue weighted by Crippen LogP contribution is 2.14. The maximum absolute atomic E-state index is 11.9. The second kappa shape index (κ2) is 11.9. The Labute approximate surface area is 147 Å². The number of amides is 2. The average Bonchev–Trinajstić information content (AvgIpc) is 2.52. The molecule has 0 saturated carbocycles. The molecule has 0 aliphatic rings. The van der Waals surface area contributed by atoms with Crippen LogP contribution in [0.4, 0.5) is 10.5 Å². The number of carbonyl (C=O) groups is 1. The average molecular weight is 335 g/mol. The van der Waals surface area contributed by atoms with E-state index < -0.39 is 0 Å². The van der Waals surface area contributed by atoms with Gasteiger partial charge in [0.15, 0.2) is 0 Å². The van der Waals surface area contributed by atoms with Crippen molar-refractivity contribution in [3.63, 3.8) is 0 Å². The largest absolute Gasteiger partial charge is 0.381 e. The van der Waals surface area contributed by atoms with Gasteiger partial charge in [-0.05, 0) is 55.9 Å². The molecule has 24 heavy (non-hydrogen) atoms. The second-order valence-electron chi connectivity index (χ2n) is 6.60. The van der Waals surface area contributed by atoms with Crippen LogP contribution in [-0.4, -0.2) is 25.8 Å². The zero-order chi connectivity index (χ0) is 17.8. The van der Waals surface area contributed by atoms with Gasteiger partial charge in [0.2, 0.25) is 0 Å². The van der Waals surface area contributed by atoms with Gasteiger partial charge in [-0.15, -0.1) is 0 Å². The molecule has 4 nitrogen and oxygen atoms in total. The fraction of sp³-hybridized carbons (Fsp3) is 0.650. The van der Waals surface area contributed by atoms with Gasteiger partial charge in [-0.2, -0.15) is 0 Å². The van der Waals surface area contributed by atoms with Gasteiger partial charge in [-0.25, -0.2) is 4.79 Å². The first-order valence-corrected chi connectivity index (χ1v) is 9.26. The van der Waals surface area contributed by atoms with Gasteiger partial charge in [0.25, 0.3) is 0 Å². The van der Waals surface area contributed by atoms with Crippen molar-refractivity contribution in [2.24, 2.45) is 5.92 Å². The number of ether oxygens (including phenoxy) is 1. The van der Waals surface area contributed by atoms with E-state index in [0.29, 0.717) is 19.1 Å². The number of aryl methyl sites for hydroxylation is 2. The Morgan fingerprint density at radius 3 is 2.46 bits per heavy atom. The lowest BCUT2D eigenvalue weighted by atomic mass is 10.0. The van der Waals surface area contributed by atoms with Crippen molar-refractivity contribution < 1.29 is 9.53 Å². The fourth-order valence-corrected chi connectivity index (χ4v) is 2.75. The number of hydrogen-bond acceptors (Lipinski definition) is 2. The number of carbonyl (C=O) groups excluding carboxylic acids is 1. The van der Waals surface area contributed by atoms with Crippen molar-refractivity contribution in [2.45, 2.75) is 59.8 Å². The van der Waals surface area contributed by atoms with Gasteiger partial charge in [0.05, 0.1) is 0 Å². The van der Waals surface area contributed by atoms with Gasteiger partial charge < -0.3 is 15.4 Å². The minimum atomic E-state index is -0.158. The molecule has 1 rings (SSSR count). The molecular weight excluding hydrogens is 300 g/mol. The zero-order valence-corrected chi connectivity index (χ0v) is 15.8. The van der Waals surface area contributed by atoms with Crippen LogP contribution >= 0.6 is 0 Å². The number of unbranched alkanes of at least 4 members (excludes halogenated alkanes) is 1. The van der Waals surface area contributed by atoms with Gasteiger partial charge in [0, 0.05) is 25.4 Å². The molecule has 2 amide bonds. The standard InChI is InChI=1S/C20H34N2O2/c1-5-7-9-18(6-2)15-24-11-8-10-21-20(23)22-19-13-16(3)12-17(4)14-19/h12-14,18H,5-11,15H2,1-4H3,(H2,21,22,23). The number of anilines is 1. The highest BCUT2D eigenvalue weighted by Gasteiger charge is 2.06. The topological polar surface area (TPSA) is 50.4 Å². The summed E-state index contributed by atoms with van der Waals surface area (Å²) in [5, 5.41) is 5.75. The summed E-state index contributed by atoms with van der Waals surface area (Å²) in [6.07, 6.45) is 5.79. The van der Waals surface area contributed by atoms with Crippen LogP contribution in [0.25, 0.3) is 0 Å². The van der Waals surface area contributed by atoms with E-state index in [1.165, 1.54) is 25.7 Å². The Morgan fingerprint density at radius 2 is 1.83 bits per heavy atom. The Hall–Kier alpha value is -1.55. The second-order valence-corrected chi connectivity index (χ2v) is 6.60. The summed E-state index contributed by atoms with van der Waals surface area (Å²) >= 11 is 0. The van der Waals surface area contributed by atoms with E-state index in [0.717, 1.165) is 29.8 Å². The molecule has 0 bridgehead atoms. The minimum Gasteiger partial charge on any atom is -0.381 e. The maximum atomic E-state index is 11.9. The molecule has 0 aliphatic carbocycles. The monoisotopic (exact) mass is 334 g/mol. The molecule has 1 unspecified atom stereocenters. The van der Waals surface area contributed by atoms with Crippen LogP contribution in [0.3, 0.4) is 0 Å². The van der Waals surface area contributed by atoms with Crippen LogP contribution in [0, 0.1) is 19.8 Å². The van der Waals surface area contributed by atoms with Crippen molar-refractivity contribution in [3.8, 4) is 0 Å². The van der Waals surface area contributed by atoms with E-state index >= 15 is 0 Å². The molecular formula is C20H34N2O2. The third kappa shape index (κ3) is 8.92. The van der Waals surface area contributed by atoms with Crippen molar-refractivity contribution in [1.29, 1.82) is 0 Å². The summed E-state index contributed by atoms with van der Waals surface area (Å²) in [6.45, 7) is 10.7. The summed E-state index contributed by atoms with van der Waals surface area (Å²) in [7, 11) is 0. The maximum Gasteiger partial charge on any atom is 0.319 e. The molecule has 1 aromatic rings. The predicted molar refractivity (Wildman–Crippen MR) is 102 cm³/mol. The third-order valence-electron chi connectivity index (χ3n) is 4.13. The summed E-state index contributed by atoms with van der Waals surface area (Å²) in [4.78, 5) is 11.9. The van der Waals surface area contributed by atoms with E-state index in [1.54, 1.807) is 0 Å². The van der Waals surface area contributed by atoms with Crippen molar-refractivity contribution in [2.75, 3.05) is 25.1 Å². The van der Waals surface area contributed by atoms with E-state index in [-0.39, 0.29) is 6.03 Å². The fourth-order valence-electron chi connectivity index (χ4n) is 2.75. The number of hydrogen-bond donors (Lipinski definition) is 2. The molecule has 1 aromatic carbocycles. The van der Waals surface area contributed by atoms with Gasteiger partial charge in [-0.3, -0.25) is 0 Å². The Balaban J connectivity index is 2.13. The van der Waals surface area contributed by atoms with Gasteiger partial charge >= 0.3 is 6.03 Å². The predicted octanol–water partition coefficient (Wildman–Crippen LogP) is 5.05. The van der Waals surface area contributed by atoms with Gasteiger partial charge in [-0.1, -0.05) is 39.2 Å². The van der Waals surface area contributed by atoms with Crippen LogP contribution in [0.5, 0.6) is 0 Å². The van der Waals surface area contributed by atoms with Gasteiger partial charge in [0.1, 0.15) is 0 Å². The summed E-state index contributed by atoms with van der Waals surface area (Å²) in [5.41, 5.74) is 3.13. The van der Waals surface area contributed by atoms with E-state index in [4.69, 9.17) is 4.74 Å². The quantitative estimate of drug-likeness (QED) is 0.556. The highest BCUT2D eigenvalue weighted by atomic mass is 16.5. The summed E-state index contributed by atoms with van der Waals surface area (Å²) in [6, 6.07) is 5.87. The summed E-state index contributed by atoms with van der Waals surface area (Å²) < 4.78 is 5.74. The normalized spacial score (nSPS) is 12.0. The molecule has 0 heterocycles. The highest BCUT2D eigenvalue weighted by molar-refractivity contribution is 5.89. The van der Waals surface area contributed by atoms with E-state index in [9.17, 15) is 4.79 Å². The Bertz CT molecular complexity index is 468. The SMILES string of the molecule is CCCCC(CC)COCCCNC(=O)Nc1cc(C)cc(C)c1. The molecule has 4 heteroatoms. The van der Waals surface area contributed by atoms with Crippen LogP contribution in [0.1, 0.15) is 57.1 Å². The lowest BCUT2D eigenvalue weighted by Crippen LogP contribution is -2.30.